The number of ether oxygens (including phenoxy) is 1. The molecule has 0 N–H and O–H groups in total. The maximum atomic E-state index is 5.14. The highest BCUT2D eigenvalue weighted by molar-refractivity contribution is 5.64. The first-order valence-corrected chi connectivity index (χ1v) is 5.32. The van der Waals surface area contributed by atoms with Crippen molar-refractivity contribution >= 4 is 5.52 Å². The average Bonchev–Trinajstić information content (AvgIpc) is 2.87. The van der Waals surface area contributed by atoms with E-state index in [1.807, 2.05) is 47.0 Å². The van der Waals surface area contributed by atoms with Crippen LogP contribution in [0.15, 0.2) is 48.7 Å². The molecule has 0 saturated carbocycles. The number of benzene rings is 1. The van der Waals surface area contributed by atoms with Crippen LogP contribution in [0.2, 0.25) is 0 Å². The summed E-state index contributed by atoms with van der Waals surface area (Å²) < 4.78 is 6.96. The van der Waals surface area contributed by atoms with Crippen molar-refractivity contribution in [3.8, 4) is 17.0 Å². The van der Waals surface area contributed by atoms with Gasteiger partial charge >= 0.3 is 0 Å². The van der Waals surface area contributed by atoms with E-state index < -0.39 is 0 Å². The molecule has 0 saturated heterocycles. The zero-order valence-corrected chi connectivity index (χ0v) is 9.37. The fraction of sp³-hybridized carbons (Fsp3) is 0.0769. The van der Waals surface area contributed by atoms with Crippen molar-refractivity contribution in [2.45, 2.75) is 0 Å². The molecule has 0 radical (unpaired) electrons. The van der Waals surface area contributed by atoms with E-state index in [0.29, 0.717) is 0 Å². The van der Waals surface area contributed by atoms with Crippen LogP contribution in [-0.4, -0.2) is 21.9 Å². The van der Waals surface area contributed by atoms with Crippen LogP contribution in [0.5, 0.6) is 5.75 Å². The van der Waals surface area contributed by atoms with Crippen LogP contribution in [0.3, 0.4) is 0 Å². The van der Waals surface area contributed by atoms with E-state index in [2.05, 4.69) is 10.3 Å². The van der Waals surface area contributed by atoms with E-state index in [1.54, 1.807) is 13.3 Å². The molecule has 0 fully saturated rings. The van der Waals surface area contributed by atoms with Crippen LogP contribution in [0.4, 0.5) is 0 Å². The van der Waals surface area contributed by atoms with Crippen molar-refractivity contribution in [1.29, 1.82) is 0 Å². The smallest absolute Gasteiger partial charge is 0.118 e. The predicted molar refractivity (Wildman–Crippen MR) is 65.0 cm³/mol. The van der Waals surface area contributed by atoms with E-state index in [-0.39, 0.29) is 0 Å². The zero-order valence-electron chi connectivity index (χ0n) is 9.37. The fourth-order valence-electron chi connectivity index (χ4n) is 1.83. The molecule has 0 unspecified atom stereocenters. The van der Waals surface area contributed by atoms with Crippen LogP contribution < -0.4 is 4.74 Å². The highest BCUT2D eigenvalue weighted by atomic mass is 16.5. The Balaban J connectivity index is 2.16. The lowest BCUT2D eigenvalue weighted by Crippen LogP contribution is -1.93. The lowest BCUT2D eigenvalue weighted by Gasteiger charge is -2.05. The summed E-state index contributed by atoms with van der Waals surface area (Å²) in [5.74, 6) is 0.847. The first-order valence-electron chi connectivity index (χ1n) is 5.32. The molecule has 0 spiro atoms. The van der Waals surface area contributed by atoms with Gasteiger partial charge in [0.1, 0.15) is 5.75 Å². The Kier molecular flexibility index (Phi) is 2.26. The van der Waals surface area contributed by atoms with Crippen LogP contribution in [0.25, 0.3) is 16.8 Å². The summed E-state index contributed by atoms with van der Waals surface area (Å²) in [7, 11) is 1.66. The van der Waals surface area contributed by atoms with Gasteiger partial charge in [-0.05, 0) is 36.4 Å². The van der Waals surface area contributed by atoms with Gasteiger partial charge in [0.25, 0.3) is 0 Å². The summed E-state index contributed by atoms with van der Waals surface area (Å²) in [6.45, 7) is 0. The highest BCUT2D eigenvalue weighted by Gasteiger charge is 2.04. The van der Waals surface area contributed by atoms with E-state index in [9.17, 15) is 0 Å². The molecular weight excluding hydrogens is 214 g/mol. The van der Waals surface area contributed by atoms with E-state index >= 15 is 0 Å². The number of fused-ring (bicyclic) bond motifs is 1. The summed E-state index contributed by atoms with van der Waals surface area (Å²) in [6, 6.07) is 13.9. The molecule has 0 bridgehead atoms. The minimum Gasteiger partial charge on any atom is -0.497 e. The van der Waals surface area contributed by atoms with Crippen molar-refractivity contribution in [3.05, 3.63) is 48.7 Å². The lowest BCUT2D eigenvalue weighted by atomic mass is 10.1. The van der Waals surface area contributed by atoms with Crippen LogP contribution in [0, 0.1) is 0 Å². The fourth-order valence-corrected chi connectivity index (χ4v) is 1.83. The second-order valence-electron chi connectivity index (χ2n) is 3.71. The average molecular weight is 225 g/mol. The molecule has 0 aliphatic carbocycles. The Morgan fingerprint density at radius 3 is 2.65 bits per heavy atom. The van der Waals surface area contributed by atoms with E-state index in [0.717, 1.165) is 22.5 Å². The van der Waals surface area contributed by atoms with Crippen molar-refractivity contribution in [3.63, 3.8) is 0 Å². The SMILES string of the molecule is COc1ccc(-c2cccc3cnnn23)cc1. The summed E-state index contributed by atoms with van der Waals surface area (Å²) in [4.78, 5) is 0. The second-order valence-corrected chi connectivity index (χ2v) is 3.71. The van der Waals surface area contributed by atoms with Gasteiger partial charge in [-0.1, -0.05) is 11.3 Å². The molecule has 4 nitrogen and oxygen atoms in total. The van der Waals surface area contributed by atoms with Gasteiger partial charge in [0.05, 0.1) is 24.5 Å². The van der Waals surface area contributed by atoms with Crippen molar-refractivity contribution in [2.75, 3.05) is 7.11 Å². The molecule has 3 aromatic rings. The topological polar surface area (TPSA) is 39.4 Å². The number of methoxy groups -OCH3 is 1. The zero-order chi connectivity index (χ0) is 11.7. The van der Waals surface area contributed by atoms with Gasteiger partial charge in [-0.2, -0.15) is 0 Å². The van der Waals surface area contributed by atoms with E-state index in [1.165, 1.54) is 0 Å². The monoisotopic (exact) mass is 225 g/mol. The third kappa shape index (κ3) is 1.63. The Morgan fingerprint density at radius 2 is 1.88 bits per heavy atom. The molecule has 3 rings (SSSR count). The Labute approximate surface area is 98.5 Å². The number of aromatic nitrogens is 3. The molecule has 0 atom stereocenters. The van der Waals surface area contributed by atoms with Gasteiger partial charge in [-0.25, -0.2) is 4.52 Å². The number of rotatable bonds is 2. The minimum absolute atomic E-state index is 0.847. The molecular formula is C13H11N3O. The first-order chi connectivity index (χ1) is 8.38. The molecule has 84 valence electrons. The molecule has 17 heavy (non-hydrogen) atoms. The van der Waals surface area contributed by atoms with Crippen LogP contribution in [-0.2, 0) is 0 Å². The number of nitrogens with zero attached hydrogens (tertiary/aromatic N) is 3. The molecule has 2 heterocycles. The highest BCUT2D eigenvalue weighted by Crippen LogP contribution is 2.22. The molecule has 4 heteroatoms. The standard InChI is InChI=1S/C13H11N3O/c1-17-12-7-5-10(6-8-12)13-4-2-3-11-9-14-15-16(11)13/h2-9H,1H3. The van der Waals surface area contributed by atoms with Crippen molar-refractivity contribution < 1.29 is 4.74 Å². The maximum Gasteiger partial charge on any atom is 0.118 e. The Bertz CT molecular complexity index is 643. The van der Waals surface area contributed by atoms with Gasteiger partial charge in [0.2, 0.25) is 0 Å². The van der Waals surface area contributed by atoms with Crippen molar-refractivity contribution in [2.24, 2.45) is 0 Å². The Hall–Kier alpha value is -2.36. The largest absolute Gasteiger partial charge is 0.497 e. The number of hydrogen-bond donors (Lipinski definition) is 0. The van der Waals surface area contributed by atoms with E-state index in [4.69, 9.17) is 4.74 Å². The van der Waals surface area contributed by atoms with Crippen LogP contribution in [0.1, 0.15) is 0 Å². The van der Waals surface area contributed by atoms with Gasteiger partial charge < -0.3 is 4.74 Å². The summed E-state index contributed by atoms with van der Waals surface area (Å²) >= 11 is 0. The maximum absolute atomic E-state index is 5.14. The normalized spacial score (nSPS) is 10.6. The van der Waals surface area contributed by atoms with Gasteiger partial charge in [-0.15, -0.1) is 5.10 Å². The predicted octanol–water partition coefficient (Wildman–Crippen LogP) is 2.40. The third-order valence-corrected chi connectivity index (χ3v) is 2.71. The molecule has 0 aliphatic rings. The first kappa shape index (κ1) is 9.84. The lowest BCUT2D eigenvalue weighted by molar-refractivity contribution is 0.415. The number of hydrogen-bond acceptors (Lipinski definition) is 3. The Morgan fingerprint density at radius 1 is 1.06 bits per heavy atom. The summed E-state index contributed by atoms with van der Waals surface area (Å²) in [5.41, 5.74) is 3.09. The second kappa shape index (κ2) is 3.90. The quantitative estimate of drug-likeness (QED) is 0.672. The summed E-state index contributed by atoms with van der Waals surface area (Å²) in [5, 5.41) is 7.98. The number of pyridine rings is 1. The third-order valence-electron chi connectivity index (χ3n) is 2.71. The van der Waals surface area contributed by atoms with Gasteiger partial charge in [0.15, 0.2) is 0 Å². The molecule has 1 aromatic carbocycles. The summed E-state index contributed by atoms with van der Waals surface area (Å²) in [6.07, 6.45) is 1.74. The molecule has 2 aromatic heterocycles. The van der Waals surface area contributed by atoms with Crippen LogP contribution >= 0.6 is 0 Å². The van der Waals surface area contributed by atoms with Gasteiger partial charge in [0, 0.05) is 5.56 Å². The molecule has 0 aliphatic heterocycles. The minimum atomic E-state index is 0.847. The molecule has 0 amide bonds. The van der Waals surface area contributed by atoms with Crippen molar-refractivity contribution in [1.82, 2.24) is 14.8 Å². The van der Waals surface area contributed by atoms with Gasteiger partial charge in [-0.3, -0.25) is 0 Å².